The number of nitrogens with one attached hydrogen (secondary N) is 1. The van der Waals surface area contributed by atoms with E-state index in [-0.39, 0.29) is 28.0 Å². The third-order valence-electron chi connectivity index (χ3n) is 4.86. The first-order chi connectivity index (χ1) is 13.2. The normalized spacial score (nSPS) is 21.7. The average molecular weight is 396 g/mol. The molecule has 0 saturated heterocycles. The van der Waals surface area contributed by atoms with E-state index < -0.39 is 33.0 Å². The Labute approximate surface area is 161 Å². The number of hydrogen-bond donors (Lipinski definition) is 3. The summed E-state index contributed by atoms with van der Waals surface area (Å²) in [6, 6.07) is 15.1. The topological polar surface area (TPSA) is 127 Å². The highest BCUT2D eigenvalue weighted by atomic mass is 32.2. The van der Waals surface area contributed by atoms with Gasteiger partial charge in [-0.3, -0.25) is 14.1 Å². The summed E-state index contributed by atoms with van der Waals surface area (Å²) in [7, 11) is -4.76. The number of carbonyl (C=O) groups is 2. The molecule has 0 bridgehead atoms. The highest BCUT2D eigenvalue weighted by Crippen LogP contribution is 2.40. The van der Waals surface area contributed by atoms with Crippen LogP contribution in [0.5, 0.6) is 0 Å². The average Bonchev–Trinajstić information content (AvgIpc) is 2.66. The molecule has 2 aliphatic rings. The minimum Gasteiger partial charge on any atom is -0.355 e. The van der Waals surface area contributed by atoms with Crippen LogP contribution in [0.4, 0.5) is 5.69 Å². The number of hydrogen-bond acceptors (Lipinski definition) is 6. The number of para-hydroxylation sites is 1. The van der Waals surface area contributed by atoms with Crippen LogP contribution in [0.1, 0.15) is 27.1 Å². The van der Waals surface area contributed by atoms with Crippen LogP contribution in [-0.2, 0) is 10.1 Å². The number of ketones is 2. The third kappa shape index (κ3) is 2.78. The molecule has 4 N–H and O–H groups in total. The lowest BCUT2D eigenvalue weighted by molar-refractivity contribution is 0.0971. The standard InChI is InChI=1S/C20H16N2O5S/c21-20(28(25,26)27)10-15-17(16(11-20)22-12-6-2-1-3-7-12)19(24)14-9-5-4-8-13(14)18(15)23/h1-9,11,22H,10,21H2,(H,25,26,27). The fourth-order valence-corrected chi connectivity index (χ4v) is 4.06. The Hall–Kier alpha value is -3.07. The Morgan fingerprint density at radius 3 is 2.11 bits per heavy atom. The van der Waals surface area contributed by atoms with Crippen LogP contribution in [0.2, 0.25) is 0 Å². The smallest absolute Gasteiger partial charge is 0.288 e. The molecule has 2 aromatic carbocycles. The van der Waals surface area contributed by atoms with Gasteiger partial charge in [-0.2, -0.15) is 8.42 Å². The summed E-state index contributed by atoms with van der Waals surface area (Å²) in [6.07, 6.45) is 0.591. The molecular formula is C20H16N2O5S. The van der Waals surface area contributed by atoms with Crippen LogP contribution in [0.15, 0.2) is 77.5 Å². The number of carbonyl (C=O) groups excluding carboxylic acids is 2. The Kier molecular flexibility index (Phi) is 4.07. The van der Waals surface area contributed by atoms with Gasteiger partial charge in [-0.1, -0.05) is 42.5 Å². The predicted molar refractivity (Wildman–Crippen MR) is 103 cm³/mol. The fraction of sp³-hybridized carbons (Fsp3) is 0.100. The maximum atomic E-state index is 13.1. The maximum absolute atomic E-state index is 13.1. The van der Waals surface area contributed by atoms with E-state index in [0.717, 1.165) is 6.08 Å². The molecule has 1 atom stereocenters. The number of nitrogens with two attached hydrogens (primary N) is 1. The molecule has 28 heavy (non-hydrogen) atoms. The zero-order chi connectivity index (χ0) is 20.1. The van der Waals surface area contributed by atoms with Crippen LogP contribution < -0.4 is 11.1 Å². The molecule has 2 aliphatic carbocycles. The van der Waals surface area contributed by atoms with Crippen LogP contribution in [-0.4, -0.2) is 29.4 Å². The van der Waals surface area contributed by atoms with Gasteiger partial charge < -0.3 is 11.1 Å². The Bertz CT molecular complexity index is 1180. The molecule has 0 radical (unpaired) electrons. The summed E-state index contributed by atoms with van der Waals surface area (Å²) in [4.78, 5) is 23.9. The van der Waals surface area contributed by atoms with Crippen molar-refractivity contribution in [2.24, 2.45) is 5.73 Å². The first-order valence-corrected chi connectivity index (χ1v) is 9.88. The lowest BCUT2D eigenvalue weighted by atomic mass is 9.77. The number of fused-ring (bicyclic) bond motifs is 1. The van der Waals surface area contributed by atoms with Crippen LogP contribution in [0.3, 0.4) is 0 Å². The first-order valence-electron chi connectivity index (χ1n) is 8.44. The van der Waals surface area contributed by atoms with Gasteiger partial charge in [0.05, 0.1) is 5.57 Å². The highest BCUT2D eigenvalue weighted by Gasteiger charge is 2.47. The summed E-state index contributed by atoms with van der Waals surface area (Å²) >= 11 is 0. The molecular weight excluding hydrogens is 380 g/mol. The number of Topliss-reactive ketones (excluding diaryl/α,β-unsaturated/α-hetero) is 2. The molecule has 0 aromatic heterocycles. The van der Waals surface area contributed by atoms with Crippen molar-refractivity contribution in [2.45, 2.75) is 11.3 Å². The molecule has 0 saturated carbocycles. The van der Waals surface area contributed by atoms with E-state index in [1.807, 2.05) is 0 Å². The Morgan fingerprint density at radius 1 is 0.929 bits per heavy atom. The third-order valence-corrected chi connectivity index (χ3v) is 6.09. The van der Waals surface area contributed by atoms with Crippen molar-refractivity contribution in [1.29, 1.82) is 0 Å². The molecule has 7 nitrogen and oxygen atoms in total. The van der Waals surface area contributed by atoms with Gasteiger partial charge in [-0.15, -0.1) is 0 Å². The van der Waals surface area contributed by atoms with Gasteiger partial charge in [-0.25, -0.2) is 0 Å². The van der Waals surface area contributed by atoms with Crippen molar-refractivity contribution in [2.75, 3.05) is 5.32 Å². The summed E-state index contributed by atoms with van der Waals surface area (Å²) in [6.45, 7) is 0. The van der Waals surface area contributed by atoms with Gasteiger partial charge in [0.25, 0.3) is 10.1 Å². The maximum Gasteiger partial charge on any atom is 0.288 e. The second kappa shape index (κ2) is 6.23. The van der Waals surface area contributed by atoms with E-state index in [4.69, 9.17) is 5.73 Å². The zero-order valence-corrected chi connectivity index (χ0v) is 15.4. The lowest BCUT2D eigenvalue weighted by Gasteiger charge is -2.33. The monoisotopic (exact) mass is 396 g/mol. The van der Waals surface area contributed by atoms with Gasteiger partial charge in [0.2, 0.25) is 0 Å². The van der Waals surface area contributed by atoms with Gasteiger partial charge in [0.15, 0.2) is 16.4 Å². The SMILES string of the molecule is NC1(S(=O)(=O)O)C=C(Nc2ccccc2)C2=C(C1)C(=O)c1ccccc1C2=O. The minimum absolute atomic E-state index is 0.0373. The predicted octanol–water partition coefficient (Wildman–Crippen LogP) is 2.30. The lowest BCUT2D eigenvalue weighted by Crippen LogP contribution is -2.50. The summed E-state index contributed by atoms with van der Waals surface area (Å²) < 4.78 is 33.6. The van der Waals surface area contributed by atoms with E-state index >= 15 is 0 Å². The molecule has 0 amide bonds. The quantitative estimate of drug-likeness (QED) is 0.680. The largest absolute Gasteiger partial charge is 0.355 e. The van der Waals surface area contributed by atoms with Crippen molar-refractivity contribution >= 4 is 27.4 Å². The van der Waals surface area contributed by atoms with Gasteiger partial charge >= 0.3 is 0 Å². The van der Waals surface area contributed by atoms with Gasteiger partial charge in [0.1, 0.15) is 0 Å². The molecule has 0 spiro atoms. The van der Waals surface area contributed by atoms with Gasteiger partial charge in [0, 0.05) is 34.5 Å². The first kappa shape index (κ1) is 18.3. The molecule has 2 aromatic rings. The van der Waals surface area contributed by atoms with E-state index in [1.165, 1.54) is 6.07 Å². The molecule has 0 fully saturated rings. The van der Waals surface area contributed by atoms with Crippen LogP contribution in [0, 0.1) is 0 Å². The van der Waals surface area contributed by atoms with Crippen molar-refractivity contribution in [1.82, 2.24) is 0 Å². The van der Waals surface area contributed by atoms with Crippen molar-refractivity contribution < 1.29 is 22.6 Å². The second-order valence-electron chi connectivity index (χ2n) is 6.71. The van der Waals surface area contributed by atoms with Crippen LogP contribution in [0.25, 0.3) is 0 Å². The van der Waals surface area contributed by atoms with Crippen molar-refractivity contribution in [3.63, 3.8) is 0 Å². The number of allylic oxidation sites excluding steroid dienone is 1. The highest BCUT2D eigenvalue weighted by molar-refractivity contribution is 7.87. The fourth-order valence-electron chi connectivity index (χ4n) is 3.47. The molecule has 0 aliphatic heterocycles. The minimum atomic E-state index is -4.76. The molecule has 4 rings (SSSR count). The summed E-state index contributed by atoms with van der Waals surface area (Å²) in [5, 5.41) is 2.96. The Balaban J connectivity index is 1.92. The van der Waals surface area contributed by atoms with Crippen molar-refractivity contribution in [3.05, 3.63) is 88.6 Å². The van der Waals surface area contributed by atoms with Crippen molar-refractivity contribution in [3.8, 4) is 0 Å². The van der Waals surface area contributed by atoms with E-state index in [0.29, 0.717) is 5.69 Å². The van der Waals surface area contributed by atoms with E-state index in [9.17, 15) is 22.6 Å². The summed E-state index contributed by atoms with van der Waals surface area (Å²) in [5.74, 6) is -0.888. The zero-order valence-electron chi connectivity index (χ0n) is 14.5. The number of anilines is 1. The summed E-state index contributed by atoms with van der Waals surface area (Å²) in [5.41, 5.74) is 7.06. The Morgan fingerprint density at radius 2 is 1.50 bits per heavy atom. The van der Waals surface area contributed by atoms with E-state index in [1.54, 1.807) is 48.5 Å². The number of rotatable bonds is 3. The molecule has 142 valence electrons. The second-order valence-corrected chi connectivity index (χ2v) is 8.42. The molecule has 8 heteroatoms. The molecule has 0 heterocycles. The molecule has 1 unspecified atom stereocenters. The van der Waals surface area contributed by atoms with Crippen LogP contribution >= 0.6 is 0 Å². The van der Waals surface area contributed by atoms with Gasteiger partial charge in [-0.05, 0) is 18.2 Å². The number of benzene rings is 2. The van der Waals surface area contributed by atoms with E-state index in [2.05, 4.69) is 5.32 Å².